The topological polar surface area (TPSA) is 20.2 Å². The molecule has 60 valence electrons. The SMILES string of the molecule is CCCC/C=C/CC(C)O. The Morgan fingerprint density at radius 1 is 1.40 bits per heavy atom. The quantitative estimate of drug-likeness (QED) is 0.462. The summed E-state index contributed by atoms with van der Waals surface area (Å²) in [7, 11) is 0. The second kappa shape index (κ2) is 6.81. The van der Waals surface area contributed by atoms with Crippen LogP contribution in [0.3, 0.4) is 0 Å². The van der Waals surface area contributed by atoms with Crippen LogP contribution in [-0.4, -0.2) is 11.2 Å². The molecule has 0 amide bonds. The van der Waals surface area contributed by atoms with Gasteiger partial charge in [0.1, 0.15) is 0 Å². The van der Waals surface area contributed by atoms with Crippen molar-refractivity contribution in [3.63, 3.8) is 0 Å². The molecule has 1 N–H and O–H groups in total. The van der Waals surface area contributed by atoms with E-state index in [0.717, 1.165) is 12.8 Å². The van der Waals surface area contributed by atoms with E-state index in [4.69, 9.17) is 5.11 Å². The van der Waals surface area contributed by atoms with Crippen molar-refractivity contribution >= 4 is 0 Å². The lowest BCUT2D eigenvalue weighted by Crippen LogP contribution is -1.95. The Bertz CT molecular complexity index is 84.7. The third kappa shape index (κ3) is 7.70. The molecule has 10 heavy (non-hydrogen) atoms. The first-order valence-electron chi connectivity index (χ1n) is 4.10. The van der Waals surface area contributed by atoms with Crippen LogP contribution in [0.2, 0.25) is 0 Å². The van der Waals surface area contributed by atoms with Gasteiger partial charge < -0.3 is 5.11 Å². The first-order valence-corrected chi connectivity index (χ1v) is 4.10. The van der Waals surface area contributed by atoms with E-state index < -0.39 is 0 Å². The Labute approximate surface area is 63.8 Å². The van der Waals surface area contributed by atoms with Gasteiger partial charge in [0.15, 0.2) is 0 Å². The summed E-state index contributed by atoms with van der Waals surface area (Å²) in [5.41, 5.74) is 0. The van der Waals surface area contributed by atoms with Crippen LogP contribution in [0.1, 0.15) is 39.5 Å². The number of hydrogen-bond donors (Lipinski definition) is 1. The summed E-state index contributed by atoms with van der Waals surface area (Å²) < 4.78 is 0. The van der Waals surface area contributed by atoms with Crippen molar-refractivity contribution in [1.29, 1.82) is 0 Å². The minimum Gasteiger partial charge on any atom is -0.393 e. The summed E-state index contributed by atoms with van der Waals surface area (Å²) in [6.45, 7) is 3.99. The highest BCUT2D eigenvalue weighted by Crippen LogP contribution is 1.97. The zero-order valence-electron chi connectivity index (χ0n) is 7.01. The molecule has 0 aliphatic heterocycles. The van der Waals surface area contributed by atoms with Gasteiger partial charge in [0.2, 0.25) is 0 Å². The zero-order chi connectivity index (χ0) is 7.82. The maximum absolute atomic E-state index is 8.86. The molecule has 0 aliphatic rings. The van der Waals surface area contributed by atoms with E-state index in [9.17, 15) is 0 Å². The average molecular weight is 142 g/mol. The average Bonchev–Trinajstić information content (AvgIpc) is 1.87. The van der Waals surface area contributed by atoms with E-state index in [0.29, 0.717) is 0 Å². The number of allylic oxidation sites excluding steroid dienone is 1. The van der Waals surface area contributed by atoms with E-state index in [1.807, 2.05) is 6.92 Å². The van der Waals surface area contributed by atoms with E-state index in [-0.39, 0.29) is 6.10 Å². The second-order valence-electron chi connectivity index (χ2n) is 2.70. The van der Waals surface area contributed by atoms with Gasteiger partial charge in [-0.1, -0.05) is 31.9 Å². The van der Waals surface area contributed by atoms with Crippen molar-refractivity contribution < 1.29 is 5.11 Å². The first-order chi connectivity index (χ1) is 4.77. The zero-order valence-corrected chi connectivity index (χ0v) is 7.01. The molecule has 0 saturated heterocycles. The molecule has 0 spiro atoms. The van der Waals surface area contributed by atoms with Gasteiger partial charge in [0.25, 0.3) is 0 Å². The Morgan fingerprint density at radius 2 is 2.10 bits per heavy atom. The summed E-state index contributed by atoms with van der Waals surface area (Å²) in [5, 5.41) is 8.86. The molecule has 0 fully saturated rings. The van der Waals surface area contributed by atoms with Crippen LogP contribution in [0.15, 0.2) is 12.2 Å². The van der Waals surface area contributed by atoms with Gasteiger partial charge >= 0.3 is 0 Å². The summed E-state index contributed by atoms with van der Waals surface area (Å²) in [6, 6.07) is 0. The fraction of sp³-hybridized carbons (Fsp3) is 0.778. The number of aliphatic hydroxyl groups is 1. The lowest BCUT2D eigenvalue weighted by atomic mass is 10.2. The molecule has 0 saturated carbocycles. The molecule has 0 aromatic carbocycles. The Kier molecular flexibility index (Phi) is 6.61. The molecular weight excluding hydrogens is 124 g/mol. The number of aliphatic hydroxyl groups excluding tert-OH is 1. The monoisotopic (exact) mass is 142 g/mol. The van der Waals surface area contributed by atoms with Crippen LogP contribution in [0.4, 0.5) is 0 Å². The summed E-state index contributed by atoms with van der Waals surface area (Å²) in [5.74, 6) is 0. The van der Waals surface area contributed by atoms with Crippen LogP contribution in [0, 0.1) is 0 Å². The van der Waals surface area contributed by atoms with Crippen LogP contribution < -0.4 is 0 Å². The largest absolute Gasteiger partial charge is 0.393 e. The third-order valence-corrected chi connectivity index (χ3v) is 1.37. The van der Waals surface area contributed by atoms with E-state index >= 15 is 0 Å². The molecular formula is C9H18O. The normalized spacial score (nSPS) is 14.3. The molecule has 0 heterocycles. The lowest BCUT2D eigenvalue weighted by molar-refractivity contribution is 0.198. The molecule has 1 unspecified atom stereocenters. The van der Waals surface area contributed by atoms with E-state index in [1.54, 1.807) is 0 Å². The molecule has 0 radical (unpaired) electrons. The molecule has 0 rings (SSSR count). The fourth-order valence-electron chi connectivity index (χ4n) is 0.733. The predicted octanol–water partition coefficient (Wildman–Crippen LogP) is 2.50. The Morgan fingerprint density at radius 3 is 2.60 bits per heavy atom. The van der Waals surface area contributed by atoms with Crippen LogP contribution in [0.25, 0.3) is 0 Å². The highest BCUT2D eigenvalue weighted by atomic mass is 16.3. The highest BCUT2D eigenvalue weighted by Gasteiger charge is 1.87. The van der Waals surface area contributed by atoms with Gasteiger partial charge in [-0.3, -0.25) is 0 Å². The van der Waals surface area contributed by atoms with E-state index in [1.165, 1.54) is 12.8 Å². The van der Waals surface area contributed by atoms with Crippen LogP contribution >= 0.6 is 0 Å². The smallest absolute Gasteiger partial charge is 0.0546 e. The third-order valence-electron chi connectivity index (χ3n) is 1.37. The first kappa shape index (κ1) is 9.70. The molecule has 1 heteroatoms. The summed E-state index contributed by atoms with van der Waals surface area (Å²) in [4.78, 5) is 0. The van der Waals surface area contributed by atoms with Crippen LogP contribution in [0.5, 0.6) is 0 Å². The molecule has 0 aromatic rings. The van der Waals surface area contributed by atoms with Crippen molar-refractivity contribution in [2.24, 2.45) is 0 Å². The second-order valence-corrected chi connectivity index (χ2v) is 2.70. The number of rotatable bonds is 5. The lowest BCUT2D eigenvalue weighted by Gasteiger charge is -1.95. The van der Waals surface area contributed by atoms with Gasteiger partial charge in [-0.15, -0.1) is 0 Å². The van der Waals surface area contributed by atoms with Gasteiger partial charge in [-0.2, -0.15) is 0 Å². The Hall–Kier alpha value is -0.300. The Balaban J connectivity index is 3.04. The van der Waals surface area contributed by atoms with Crippen molar-refractivity contribution in [3.8, 4) is 0 Å². The standard InChI is InChI=1S/C9H18O/c1-3-4-5-6-7-8-9(2)10/h6-7,9-10H,3-5,8H2,1-2H3/b7-6+. The van der Waals surface area contributed by atoms with Crippen molar-refractivity contribution in [2.45, 2.75) is 45.6 Å². The maximum Gasteiger partial charge on any atom is 0.0546 e. The maximum atomic E-state index is 8.86. The molecule has 1 nitrogen and oxygen atoms in total. The number of unbranched alkanes of at least 4 members (excludes halogenated alkanes) is 2. The van der Waals surface area contributed by atoms with Gasteiger partial charge in [0, 0.05) is 0 Å². The predicted molar refractivity (Wildman–Crippen MR) is 45.0 cm³/mol. The van der Waals surface area contributed by atoms with Crippen LogP contribution in [-0.2, 0) is 0 Å². The van der Waals surface area contributed by atoms with Gasteiger partial charge in [0.05, 0.1) is 6.10 Å². The minimum atomic E-state index is -0.183. The summed E-state index contributed by atoms with van der Waals surface area (Å²) in [6.07, 6.45) is 8.48. The van der Waals surface area contributed by atoms with Crippen molar-refractivity contribution in [2.75, 3.05) is 0 Å². The summed E-state index contributed by atoms with van der Waals surface area (Å²) >= 11 is 0. The molecule has 0 aromatic heterocycles. The molecule has 0 bridgehead atoms. The van der Waals surface area contributed by atoms with Crippen molar-refractivity contribution in [3.05, 3.63) is 12.2 Å². The highest BCUT2D eigenvalue weighted by molar-refractivity contribution is 4.82. The van der Waals surface area contributed by atoms with Gasteiger partial charge in [-0.05, 0) is 19.8 Å². The molecule has 0 aliphatic carbocycles. The number of hydrogen-bond acceptors (Lipinski definition) is 1. The van der Waals surface area contributed by atoms with E-state index in [2.05, 4.69) is 19.1 Å². The molecule has 1 atom stereocenters. The fourth-order valence-corrected chi connectivity index (χ4v) is 0.733. The van der Waals surface area contributed by atoms with Gasteiger partial charge in [-0.25, -0.2) is 0 Å². The van der Waals surface area contributed by atoms with Crippen molar-refractivity contribution in [1.82, 2.24) is 0 Å². The minimum absolute atomic E-state index is 0.183.